The summed E-state index contributed by atoms with van der Waals surface area (Å²) in [7, 11) is 1.69. The predicted octanol–water partition coefficient (Wildman–Crippen LogP) is 1.93. The normalized spacial score (nSPS) is 17.0. The summed E-state index contributed by atoms with van der Waals surface area (Å²) in [6.45, 7) is 7.89. The third kappa shape index (κ3) is 6.42. The summed E-state index contributed by atoms with van der Waals surface area (Å²) in [5, 5.41) is 6.35. The maximum Gasteiger partial charge on any atom is 0.223 e. The molecule has 1 aliphatic heterocycles. The molecule has 156 valence electrons. The van der Waals surface area contributed by atoms with Gasteiger partial charge >= 0.3 is 0 Å². The molecule has 0 unspecified atom stereocenters. The van der Waals surface area contributed by atoms with Gasteiger partial charge in [0.1, 0.15) is 5.75 Å². The molecule has 1 aromatic carbocycles. The Morgan fingerprint density at radius 3 is 2.39 bits per heavy atom. The van der Waals surface area contributed by atoms with Crippen molar-refractivity contribution in [2.45, 2.75) is 19.8 Å². The molecule has 0 aromatic heterocycles. The van der Waals surface area contributed by atoms with Crippen molar-refractivity contribution in [2.75, 3.05) is 57.8 Å². The summed E-state index contributed by atoms with van der Waals surface area (Å²) in [5.41, 5.74) is 1.22. The molecule has 3 rings (SSSR count). The Balaban J connectivity index is 0.00000280. The van der Waals surface area contributed by atoms with Crippen LogP contribution in [-0.2, 0) is 4.79 Å². The number of methoxy groups -OCH3 is 1. The van der Waals surface area contributed by atoms with E-state index >= 15 is 0 Å². The van der Waals surface area contributed by atoms with E-state index in [9.17, 15) is 4.79 Å². The minimum Gasteiger partial charge on any atom is -0.497 e. The molecule has 8 heteroatoms. The van der Waals surface area contributed by atoms with Gasteiger partial charge in [-0.25, -0.2) is 0 Å². The number of halogens is 1. The Hall–Kier alpha value is -1.71. The van der Waals surface area contributed by atoms with Crippen LogP contribution in [0, 0.1) is 5.92 Å². The van der Waals surface area contributed by atoms with E-state index in [0.29, 0.717) is 13.1 Å². The lowest BCUT2D eigenvalue weighted by Crippen LogP contribution is -2.52. The number of nitrogens with one attached hydrogen (secondary N) is 2. The highest BCUT2D eigenvalue weighted by Gasteiger charge is 2.29. The average molecular weight is 501 g/mol. The van der Waals surface area contributed by atoms with Gasteiger partial charge in [-0.3, -0.25) is 9.79 Å². The summed E-state index contributed by atoms with van der Waals surface area (Å²) in [6.07, 6.45) is 2.08. The highest BCUT2D eigenvalue weighted by Crippen LogP contribution is 2.28. The topological polar surface area (TPSA) is 69.2 Å². The van der Waals surface area contributed by atoms with Gasteiger partial charge in [0.15, 0.2) is 5.96 Å². The quantitative estimate of drug-likeness (QED) is 0.259. The van der Waals surface area contributed by atoms with Gasteiger partial charge in [0.05, 0.1) is 13.7 Å². The van der Waals surface area contributed by atoms with Gasteiger partial charge in [-0.05, 0) is 44.0 Å². The Morgan fingerprint density at radius 1 is 1.14 bits per heavy atom. The first-order chi connectivity index (χ1) is 13.2. The van der Waals surface area contributed by atoms with Crippen molar-refractivity contribution in [3.8, 4) is 5.75 Å². The molecule has 2 fully saturated rings. The zero-order valence-electron chi connectivity index (χ0n) is 16.8. The van der Waals surface area contributed by atoms with Crippen LogP contribution in [0.3, 0.4) is 0 Å². The van der Waals surface area contributed by atoms with Gasteiger partial charge in [0, 0.05) is 50.9 Å². The van der Waals surface area contributed by atoms with Crippen molar-refractivity contribution >= 4 is 41.5 Å². The van der Waals surface area contributed by atoms with Crippen LogP contribution in [0.4, 0.5) is 5.69 Å². The average Bonchev–Trinajstić information content (AvgIpc) is 3.56. The number of aliphatic imine (C=N–C) groups is 1. The van der Waals surface area contributed by atoms with E-state index in [1.54, 1.807) is 7.11 Å². The summed E-state index contributed by atoms with van der Waals surface area (Å²) < 4.78 is 5.23. The number of piperazine rings is 1. The Morgan fingerprint density at radius 2 is 1.82 bits per heavy atom. The Kier molecular flexibility index (Phi) is 9.14. The van der Waals surface area contributed by atoms with Crippen LogP contribution in [0.15, 0.2) is 29.3 Å². The molecule has 1 saturated carbocycles. The Bertz CT molecular complexity index is 641. The highest BCUT2D eigenvalue weighted by atomic mass is 127. The minimum atomic E-state index is 0. The number of anilines is 1. The van der Waals surface area contributed by atoms with Crippen molar-refractivity contribution in [3.05, 3.63) is 24.3 Å². The molecule has 28 heavy (non-hydrogen) atoms. The van der Waals surface area contributed by atoms with Crippen molar-refractivity contribution in [1.29, 1.82) is 0 Å². The number of nitrogens with zero attached hydrogens (tertiary/aromatic N) is 3. The molecule has 0 radical (unpaired) electrons. The zero-order valence-corrected chi connectivity index (χ0v) is 19.1. The number of guanidine groups is 1. The molecule has 0 bridgehead atoms. The lowest BCUT2D eigenvalue weighted by molar-refractivity contribution is -0.122. The van der Waals surface area contributed by atoms with E-state index in [1.807, 2.05) is 12.1 Å². The molecule has 1 aliphatic carbocycles. The maximum atomic E-state index is 11.7. The first-order valence-corrected chi connectivity index (χ1v) is 9.91. The number of carbonyl (C=O) groups is 1. The fourth-order valence-corrected chi connectivity index (χ4v) is 3.23. The molecular formula is C20H32IN5O2. The van der Waals surface area contributed by atoms with E-state index in [2.05, 4.69) is 39.5 Å². The van der Waals surface area contributed by atoms with Crippen LogP contribution in [0.2, 0.25) is 0 Å². The van der Waals surface area contributed by atoms with Gasteiger partial charge < -0.3 is 25.2 Å². The molecule has 7 nitrogen and oxygen atoms in total. The lowest BCUT2D eigenvalue weighted by atomic mass is 10.2. The van der Waals surface area contributed by atoms with E-state index in [1.165, 1.54) is 5.69 Å². The maximum absolute atomic E-state index is 11.7. The fraction of sp³-hybridized carbons (Fsp3) is 0.600. The number of hydrogen-bond acceptors (Lipinski definition) is 4. The van der Waals surface area contributed by atoms with Gasteiger partial charge in [0.25, 0.3) is 0 Å². The number of benzene rings is 1. The van der Waals surface area contributed by atoms with E-state index in [0.717, 1.165) is 57.3 Å². The SMILES string of the molecule is CCNC(=NCCNC(=O)C1CC1)N1CCN(c2ccc(OC)cc2)CC1.I. The summed E-state index contributed by atoms with van der Waals surface area (Å²) in [6, 6.07) is 8.22. The van der Waals surface area contributed by atoms with Crippen molar-refractivity contribution in [3.63, 3.8) is 0 Å². The van der Waals surface area contributed by atoms with Crippen LogP contribution < -0.4 is 20.3 Å². The number of amides is 1. The number of ether oxygens (including phenoxy) is 1. The molecular weight excluding hydrogens is 469 g/mol. The molecule has 2 aliphatic rings. The van der Waals surface area contributed by atoms with Gasteiger partial charge in [-0.2, -0.15) is 0 Å². The molecule has 0 spiro atoms. The molecule has 1 saturated heterocycles. The smallest absolute Gasteiger partial charge is 0.223 e. The number of carbonyl (C=O) groups excluding carboxylic acids is 1. The van der Waals surface area contributed by atoms with Gasteiger partial charge in [-0.1, -0.05) is 0 Å². The third-order valence-corrected chi connectivity index (χ3v) is 4.97. The van der Waals surface area contributed by atoms with E-state index < -0.39 is 0 Å². The van der Waals surface area contributed by atoms with Crippen molar-refractivity contribution in [2.24, 2.45) is 10.9 Å². The molecule has 1 aromatic rings. The lowest BCUT2D eigenvalue weighted by Gasteiger charge is -2.37. The minimum absolute atomic E-state index is 0. The van der Waals surface area contributed by atoms with Crippen LogP contribution in [0.5, 0.6) is 5.75 Å². The first-order valence-electron chi connectivity index (χ1n) is 9.91. The second kappa shape index (κ2) is 11.3. The van der Waals surface area contributed by atoms with E-state index in [4.69, 9.17) is 9.73 Å². The monoisotopic (exact) mass is 501 g/mol. The Labute approximate surface area is 184 Å². The summed E-state index contributed by atoms with van der Waals surface area (Å²) in [4.78, 5) is 21.1. The van der Waals surface area contributed by atoms with Crippen LogP contribution in [0.25, 0.3) is 0 Å². The number of hydrogen-bond donors (Lipinski definition) is 2. The molecule has 1 heterocycles. The van der Waals surface area contributed by atoms with Gasteiger partial charge in [-0.15, -0.1) is 24.0 Å². The second-order valence-electron chi connectivity index (χ2n) is 6.97. The first kappa shape index (κ1) is 22.6. The standard InChI is InChI=1S/C20H31N5O2.HI/c1-3-21-20(23-11-10-22-19(26)16-4-5-16)25-14-12-24(13-15-25)17-6-8-18(27-2)9-7-17;/h6-9,16H,3-5,10-15H2,1-2H3,(H,21,23)(H,22,26);1H. The van der Waals surface area contributed by atoms with Gasteiger partial charge in [0.2, 0.25) is 5.91 Å². The predicted molar refractivity (Wildman–Crippen MR) is 124 cm³/mol. The largest absolute Gasteiger partial charge is 0.497 e. The highest BCUT2D eigenvalue weighted by molar-refractivity contribution is 14.0. The molecule has 2 N–H and O–H groups in total. The second-order valence-corrected chi connectivity index (χ2v) is 6.97. The van der Waals surface area contributed by atoms with Crippen LogP contribution >= 0.6 is 24.0 Å². The zero-order chi connectivity index (χ0) is 19.1. The molecule has 0 atom stereocenters. The fourth-order valence-electron chi connectivity index (χ4n) is 3.23. The van der Waals surface area contributed by atoms with E-state index in [-0.39, 0.29) is 35.8 Å². The molecule has 1 amide bonds. The third-order valence-electron chi connectivity index (χ3n) is 4.97. The number of rotatable bonds is 7. The van der Waals surface area contributed by atoms with Crippen LogP contribution in [-0.4, -0.2) is 69.7 Å². The van der Waals surface area contributed by atoms with Crippen molar-refractivity contribution in [1.82, 2.24) is 15.5 Å². The summed E-state index contributed by atoms with van der Waals surface area (Å²) >= 11 is 0. The summed E-state index contributed by atoms with van der Waals surface area (Å²) in [5.74, 6) is 2.26. The van der Waals surface area contributed by atoms with Crippen molar-refractivity contribution < 1.29 is 9.53 Å². The van der Waals surface area contributed by atoms with Crippen LogP contribution in [0.1, 0.15) is 19.8 Å².